The Balaban J connectivity index is 2.21. The van der Waals surface area contributed by atoms with E-state index >= 15 is 0 Å². The van der Waals surface area contributed by atoms with Crippen LogP contribution < -0.4 is 5.32 Å². The maximum absolute atomic E-state index is 13.3. The third-order valence-electron chi connectivity index (χ3n) is 3.00. The van der Waals surface area contributed by atoms with E-state index in [9.17, 15) is 4.39 Å². The molecule has 1 aromatic carbocycles. The summed E-state index contributed by atoms with van der Waals surface area (Å²) in [5.41, 5.74) is 1.15. The first-order chi connectivity index (χ1) is 9.60. The lowest BCUT2D eigenvalue weighted by molar-refractivity contribution is 0.554. The first-order valence-electron chi connectivity index (χ1n) is 6.52. The number of hydrogen-bond acceptors (Lipinski definition) is 3. The standard InChI is InChI=1S/C15H17FN4/c1-11(2)19-9-15-18-5-6-20(15)10-13-7-14(16)4-3-12(13)8-17/h3-7,11,19H,9-10H2,1-2H3. The Morgan fingerprint density at radius 3 is 2.95 bits per heavy atom. The minimum absolute atomic E-state index is 0.332. The number of imidazole rings is 1. The molecule has 5 heteroatoms. The van der Waals surface area contributed by atoms with Crippen molar-refractivity contribution in [2.75, 3.05) is 0 Å². The second kappa shape index (κ2) is 6.31. The zero-order valence-electron chi connectivity index (χ0n) is 11.6. The molecule has 0 unspecified atom stereocenters. The summed E-state index contributed by atoms with van der Waals surface area (Å²) in [6.07, 6.45) is 3.55. The van der Waals surface area contributed by atoms with Gasteiger partial charge >= 0.3 is 0 Å². The van der Waals surface area contributed by atoms with E-state index in [1.807, 2.05) is 10.8 Å². The van der Waals surface area contributed by atoms with E-state index in [0.29, 0.717) is 30.3 Å². The van der Waals surface area contributed by atoms with Crippen molar-refractivity contribution < 1.29 is 4.39 Å². The van der Waals surface area contributed by atoms with Gasteiger partial charge in [-0.05, 0) is 23.8 Å². The van der Waals surface area contributed by atoms with Crippen LogP contribution >= 0.6 is 0 Å². The molecular weight excluding hydrogens is 255 g/mol. The molecule has 1 N–H and O–H groups in total. The SMILES string of the molecule is CC(C)NCc1nccn1Cc1cc(F)ccc1C#N. The second-order valence-corrected chi connectivity index (χ2v) is 4.92. The molecule has 0 aliphatic rings. The van der Waals surface area contributed by atoms with Crippen molar-refractivity contribution >= 4 is 0 Å². The third kappa shape index (κ3) is 3.43. The monoisotopic (exact) mass is 272 g/mol. The van der Waals surface area contributed by atoms with Crippen molar-refractivity contribution in [1.29, 1.82) is 5.26 Å². The van der Waals surface area contributed by atoms with Crippen LogP contribution in [0, 0.1) is 17.1 Å². The highest BCUT2D eigenvalue weighted by atomic mass is 19.1. The maximum Gasteiger partial charge on any atom is 0.123 e. The third-order valence-corrected chi connectivity index (χ3v) is 3.00. The van der Waals surface area contributed by atoms with E-state index in [4.69, 9.17) is 5.26 Å². The Bertz CT molecular complexity index is 625. The molecule has 1 heterocycles. The van der Waals surface area contributed by atoms with Gasteiger partial charge in [0, 0.05) is 18.4 Å². The highest BCUT2D eigenvalue weighted by Gasteiger charge is 2.08. The average molecular weight is 272 g/mol. The predicted octanol–water partition coefficient (Wildman–Crippen LogP) is 2.44. The molecule has 2 rings (SSSR count). The number of rotatable bonds is 5. The largest absolute Gasteiger partial charge is 0.329 e. The van der Waals surface area contributed by atoms with E-state index in [1.165, 1.54) is 18.2 Å². The molecule has 0 aliphatic carbocycles. The molecule has 0 spiro atoms. The fourth-order valence-corrected chi connectivity index (χ4v) is 1.93. The molecule has 0 bridgehead atoms. The molecule has 4 nitrogen and oxygen atoms in total. The topological polar surface area (TPSA) is 53.6 Å². The zero-order valence-corrected chi connectivity index (χ0v) is 11.6. The summed E-state index contributed by atoms with van der Waals surface area (Å²) >= 11 is 0. The highest BCUT2D eigenvalue weighted by Crippen LogP contribution is 2.13. The summed E-state index contributed by atoms with van der Waals surface area (Å²) in [6.45, 7) is 5.21. The summed E-state index contributed by atoms with van der Waals surface area (Å²) in [5, 5.41) is 12.4. The zero-order chi connectivity index (χ0) is 14.5. The van der Waals surface area contributed by atoms with Gasteiger partial charge in [-0.25, -0.2) is 9.37 Å². The molecule has 2 aromatic rings. The molecule has 0 amide bonds. The van der Waals surface area contributed by atoms with Crippen LogP contribution in [0.1, 0.15) is 30.8 Å². The van der Waals surface area contributed by atoms with E-state index in [-0.39, 0.29) is 5.82 Å². The van der Waals surface area contributed by atoms with E-state index in [1.54, 1.807) is 6.20 Å². The summed E-state index contributed by atoms with van der Waals surface area (Å²) in [4.78, 5) is 4.29. The Hall–Kier alpha value is -2.19. The van der Waals surface area contributed by atoms with E-state index in [2.05, 4.69) is 30.2 Å². The fourth-order valence-electron chi connectivity index (χ4n) is 1.93. The van der Waals surface area contributed by atoms with Crippen LogP contribution in [0.4, 0.5) is 4.39 Å². The maximum atomic E-state index is 13.3. The number of hydrogen-bond donors (Lipinski definition) is 1. The van der Waals surface area contributed by atoms with Crippen LogP contribution in [0.25, 0.3) is 0 Å². The van der Waals surface area contributed by atoms with Crippen LogP contribution in [0.15, 0.2) is 30.6 Å². The summed E-state index contributed by atoms with van der Waals surface area (Å²) in [7, 11) is 0. The second-order valence-electron chi connectivity index (χ2n) is 4.92. The van der Waals surface area contributed by atoms with Gasteiger partial charge in [-0.3, -0.25) is 0 Å². The molecule has 0 atom stereocenters. The van der Waals surface area contributed by atoms with Gasteiger partial charge in [0.2, 0.25) is 0 Å². The quantitative estimate of drug-likeness (QED) is 0.909. The van der Waals surface area contributed by atoms with Crippen LogP contribution in [0.2, 0.25) is 0 Å². The van der Waals surface area contributed by atoms with Crippen LogP contribution in [-0.2, 0) is 13.1 Å². The van der Waals surface area contributed by atoms with Crippen molar-refractivity contribution in [1.82, 2.24) is 14.9 Å². The molecule has 0 radical (unpaired) electrons. The Labute approximate surface area is 117 Å². The summed E-state index contributed by atoms with van der Waals surface area (Å²) in [5.74, 6) is 0.535. The van der Waals surface area contributed by atoms with E-state index < -0.39 is 0 Å². The number of nitriles is 1. The number of aromatic nitrogens is 2. The predicted molar refractivity (Wildman–Crippen MR) is 74.4 cm³/mol. The molecule has 0 aliphatic heterocycles. The lowest BCUT2D eigenvalue weighted by Gasteiger charge is -2.11. The van der Waals surface area contributed by atoms with Gasteiger partial charge in [-0.15, -0.1) is 0 Å². The van der Waals surface area contributed by atoms with Gasteiger partial charge in [0.15, 0.2) is 0 Å². The summed E-state index contributed by atoms with van der Waals surface area (Å²) in [6, 6.07) is 6.67. The van der Waals surface area contributed by atoms with E-state index in [0.717, 1.165) is 5.82 Å². The summed E-state index contributed by atoms with van der Waals surface area (Å²) < 4.78 is 15.2. The Kier molecular flexibility index (Phi) is 4.49. The van der Waals surface area contributed by atoms with Gasteiger partial charge in [0.05, 0.1) is 24.7 Å². The molecule has 0 saturated carbocycles. The molecule has 0 fully saturated rings. The van der Waals surface area contributed by atoms with Gasteiger partial charge < -0.3 is 9.88 Å². The van der Waals surface area contributed by atoms with Crippen molar-refractivity contribution in [3.63, 3.8) is 0 Å². The minimum atomic E-state index is -0.332. The number of halogens is 1. The average Bonchev–Trinajstić information content (AvgIpc) is 2.84. The first-order valence-corrected chi connectivity index (χ1v) is 6.52. The smallest absolute Gasteiger partial charge is 0.123 e. The van der Waals surface area contributed by atoms with Crippen molar-refractivity contribution in [2.24, 2.45) is 0 Å². The highest BCUT2D eigenvalue weighted by molar-refractivity contribution is 5.38. The van der Waals surface area contributed by atoms with Crippen molar-refractivity contribution in [3.8, 4) is 6.07 Å². The van der Waals surface area contributed by atoms with Gasteiger partial charge in [-0.1, -0.05) is 13.8 Å². The number of benzene rings is 1. The van der Waals surface area contributed by atoms with Crippen LogP contribution in [0.3, 0.4) is 0 Å². The number of nitrogens with zero attached hydrogens (tertiary/aromatic N) is 3. The lowest BCUT2D eigenvalue weighted by Crippen LogP contribution is -2.24. The molecule has 1 aromatic heterocycles. The Morgan fingerprint density at radius 2 is 2.25 bits per heavy atom. The fraction of sp³-hybridized carbons (Fsp3) is 0.333. The van der Waals surface area contributed by atoms with Crippen molar-refractivity contribution in [2.45, 2.75) is 33.0 Å². The molecule has 0 saturated heterocycles. The molecular formula is C15H17FN4. The van der Waals surface area contributed by atoms with Crippen LogP contribution in [-0.4, -0.2) is 15.6 Å². The van der Waals surface area contributed by atoms with Crippen molar-refractivity contribution in [3.05, 3.63) is 53.4 Å². The molecule has 20 heavy (non-hydrogen) atoms. The number of nitrogens with one attached hydrogen (secondary N) is 1. The van der Waals surface area contributed by atoms with Gasteiger partial charge in [-0.2, -0.15) is 5.26 Å². The van der Waals surface area contributed by atoms with Gasteiger partial charge in [0.1, 0.15) is 11.6 Å². The molecule has 104 valence electrons. The normalized spacial score (nSPS) is 10.8. The minimum Gasteiger partial charge on any atom is -0.329 e. The lowest BCUT2D eigenvalue weighted by atomic mass is 10.1. The Morgan fingerprint density at radius 1 is 1.45 bits per heavy atom. The van der Waals surface area contributed by atoms with Gasteiger partial charge in [0.25, 0.3) is 0 Å². The van der Waals surface area contributed by atoms with Crippen LogP contribution in [0.5, 0.6) is 0 Å². The first kappa shape index (κ1) is 14.2.